The number of fused-ring (bicyclic) bond motifs is 2. The van der Waals surface area contributed by atoms with E-state index in [-0.39, 0.29) is 22.2 Å². The molecule has 1 aromatic heterocycles. The zero-order valence-electron chi connectivity index (χ0n) is 17.5. The largest absolute Gasteiger partial charge is 0.337 e. The van der Waals surface area contributed by atoms with Crippen molar-refractivity contribution in [2.45, 2.75) is 4.90 Å². The van der Waals surface area contributed by atoms with Crippen molar-refractivity contribution in [3.8, 4) is 0 Å². The highest BCUT2D eigenvalue weighted by molar-refractivity contribution is 7.92. The number of benzene rings is 4. The maximum Gasteiger partial charge on any atom is 0.269 e. The van der Waals surface area contributed by atoms with E-state index in [1.807, 2.05) is 48.5 Å². The number of hydrogen-bond donors (Lipinski definition) is 2. The van der Waals surface area contributed by atoms with Crippen LogP contribution < -0.4 is 10.0 Å². The van der Waals surface area contributed by atoms with E-state index in [4.69, 9.17) is 0 Å². The van der Waals surface area contributed by atoms with Crippen molar-refractivity contribution in [1.82, 2.24) is 9.97 Å². The lowest BCUT2D eigenvalue weighted by molar-refractivity contribution is -0.384. The molecule has 0 unspecified atom stereocenters. The van der Waals surface area contributed by atoms with Crippen LogP contribution >= 0.6 is 0 Å². The van der Waals surface area contributed by atoms with Crippen molar-refractivity contribution in [2.75, 3.05) is 10.0 Å². The number of aromatic nitrogens is 2. The molecule has 0 saturated heterocycles. The minimum absolute atomic E-state index is 0.00483. The highest BCUT2D eigenvalue weighted by Crippen LogP contribution is 2.29. The number of rotatable bonds is 6. The van der Waals surface area contributed by atoms with Crippen LogP contribution in [0.15, 0.2) is 95.9 Å². The number of nitrogens with zero attached hydrogens (tertiary/aromatic N) is 3. The zero-order chi connectivity index (χ0) is 23.7. The van der Waals surface area contributed by atoms with Crippen LogP contribution in [0.5, 0.6) is 0 Å². The molecule has 0 bridgehead atoms. The van der Waals surface area contributed by atoms with Crippen molar-refractivity contribution in [3.63, 3.8) is 0 Å². The molecule has 4 aromatic carbocycles. The fraction of sp³-hybridized carbons (Fsp3) is 0. The number of nitrogens with one attached hydrogen (secondary N) is 2. The van der Waals surface area contributed by atoms with Gasteiger partial charge in [-0.1, -0.05) is 42.5 Å². The normalized spacial score (nSPS) is 11.4. The molecule has 0 saturated carbocycles. The summed E-state index contributed by atoms with van der Waals surface area (Å²) in [5.74, 6) is 0.227. The van der Waals surface area contributed by atoms with Crippen molar-refractivity contribution in [2.24, 2.45) is 0 Å². The quantitative estimate of drug-likeness (QED) is 0.256. The van der Waals surface area contributed by atoms with Gasteiger partial charge in [-0.15, -0.1) is 0 Å². The summed E-state index contributed by atoms with van der Waals surface area (Å²) in [7, 11) is -4.09. The van der Waals surface area contributed by atoms with E-state index in [0.717, 1.165) is 22.9 Å². The molecule has 168 valence electrons. The molecule has 34 heavy (non-hydrogen) atoms. The highest BCUT2D eigenvalue weighted by Gasteiger charge is 2.20. The molecular formula is C24H17N5O4S. The van der Waals surface area contributed by atoms with Crippen molar-refractivity contribution in [3.05, 3.63) is 101 Å². The summed E-state index contributed by atoms with van der Waals surface area (Å²) < 4.78 is 28.5. The van der Waals surface area contributed by atoms with Crippen LogP contribution in [-0.2, 0) is 10.0 Å². The van der Waals surface area contributed by atoms with Crippen LogP contribution in [0.3, 0.4) is 0 Å². The van der Waals surface area contributed by atoms with E-state index < -0.39 is 14.9 Å². The Kier molecular flexibility index (Phi) is 5.27. The van der Waals surface area contributed by atoms with Crippen molar-refractivity contribution < 1.29 is 13.3 Å². The first-order valence-electron chi connectivity index (χ1n) is 10.2. The number of hydrogen-bond acceptors (Lipinski definition) is 7. The van der Waals surface area contributed by atoms with Gasteiger partial charge in [0.05, 0.1) is 20.9 Å². The topological polar surface area (TPSA) is 127 Å². The summed E-state index contributed by atoms with van der Waals surface area (Å²) in [6, 6.07) is 25.3. The predicted molar refractivity (Wildman–Crippen MR) is 131 cm³/mol. The average molecular weight is 471 g/mol. The van der Waals surface area contributed by atoms with Gasteiger partial charge in [0.2, 0.25) is 0 Å². The molecule has 9 nitrogen and oxygen atoms in total. The molecule has 10 heteroatoms. The van der Waals surface area contributed by atoms with Gasteiger partial charge >= 0.3 is 0 Å². The van der Waals surface area contributed by atoms with Gasteiger partial charge in [-0.3, -0.25) is 14.8 Å². The third-order valence-electron chi connectivity index (χ3n) is 5.17. The third-order valence-corrected chi connectivity index (χ3v) is 6.53. The lowest BCUT2D eigenvalue weighted by Gasteiger charge is -2.14. The summed E-state index contributed by atoms with van der Waals surface area (Å²) in [6.07, 6.45) is 0. The second-order valence-corrected chi connectivity index (χ2v) is 9.14. The molecule has 0 fully saturated rings. The number of para-hydroxylation sites is 2. The predicted octanol–water partition coefficient (Wildman–Crippen LogP) is 5.24. The van der Waals surface area contributed by atoms with Gasteiger partial charge in [0, 0.05) is 17.8 Å². The Labute approximate surface area is 194 Å². The zero-order valence-corrected chi connectivity index (χ0v) is 18.4. The molecule has 0 aliphatic rings. The molecule has 0 amide bonds. The van der Waals surface area contributed by atoms with Crippen molar-refractivity contribution in [1.29, 1.82) is 0 Å². The Morgan fingerprint density at radius 1 is 0.735 bits per heavy atom. The highest BCUT2D eigenvalue weighted by atomic mass is 32.2. The second-order valence-electron chi connectivity index (χ2n) is 7.45. The van der Waals surface area contributed by atoms with E-state index in [9.17, 15) is 18.5 Å². The Morgan fingerprint density at radius 3 is 2.03 bits per heavy atom. The van der Waals surface area contributed by atoms with Crippen LogP contribution in [0.2, 0.25) is 0 Å². The van der Waals surface area contributed by atoms with E-state index >= 15 is 0 Å². The van der Waals surface area contributed by atoms with Crippen LogP contribution in [-0.4, -0.2) is 23.3 Å². The Balaban J connectivity index is 1.55. The van der Waals surface area contributed by atoms with Gasteiger partial charge < -0.3 is 5.32 Å². The number of nitro benzene ring substituents is 1. The summed E-state index contributed by atoms with van der Waals surface area (Å²) in [5, 5.41) is 16.1. The van der Waals surface area contributed by atoms with Crippen LogP contribution in [0.1, 0.15) is 0 Å². The molecule has 2 N–H and O–H groups in total. The van der Waals surface area contributed by atoms with Crippen LogP contribution in [0, 0.1) is 10.1 Å². The van der Waals surface area contributed by atoms with Gasteiger partial charge in [-0.05, 0) is 47.2 Å². The molecule has 1 heterocycles. The van der Waals surface area contributed by atoms with Gasteiger partial charge in [0.15, 0.2) is 11.6 Å². The average Bonchev–Trinajstić information content (AvgIpc) is 2.84. The first kappa shape index (κ1) is 21.3. The molecule has 0 aliphatic heterocycles. The standard InChI is InChI=1S/C24H17N5O4S/c30-29(31)19-11-13-20(14-12-19)34(32,33)28-24-23(26-21-7-3-4-8-22(21)27-24)25-18-10-9-16-5-1-2-6-17(16)15-18/h1-15H,(H,25,26)(H,27,28). The fourth-order valence-corrected chi connectivity index (χ4v) is 4.50. The SMILES string of the molecule is O=[N+]([O-])c1ccc(S(=O)(=O)Nc2nc3ccccc3nc2Nc2ccc3ccccc3c2)cc1. The summed E-state index contributed by atoms with van der Waals surface area (Å²) >= 11 is 0. The molecule has 0 radical (unpaired) electrons. The van der Waals surface area contributed by atoms with Gasteiger partial charge in [0.25, 0.3) is 15.7 Å². The fourth-order valence-electron chi connectivity index (χ4n) is 3.50. The van der Waals surface area contributed by atoms with Gasteiger partial charge in [0.1, 0.15) is 0 Å². The van der Waals surface area contributed by atoms with Gasteiger partial charge in [-0.2, -0.15) is 0 Å². The summed E-state index contributed by atoms with van der Waals surface area (Å²) in [5.41, 5.74) is 1.60. The van der Waals surface area contributed by atoms with E-state index in [0.29, 0.717) is 16.7 Å². The Bertz CT molecular complexity index is 1650. The number of non-ortho nitro benzene ring substituents is 1. The monoisotopic (exact) mass is 471 g/mol. The Morgan fingerprint density at radius 2 is 1.35 bits per heavy atom. The maximum atomic E-state index is 13.0. The first-order valence-corrected chi connectivity index (χ1v) is 11.7. The molecular weight excluding hydrogens is 454 g/mol. The minimum atomic E-state index is -4.09. The molecule has 0 spiro atoms. The van der Waals surface area contributed by atoms with Crippen LogP contribution in [0.4, 0.5) is 23.0 Å². The number of nitro groups is 1. The van der Waals surface area contributed by atoms with Crippen molar-refractivity contribution >= 4 is 54.8 Å². The molecule has 0 aliphatic carbocycles. The lowest BCUT2D eigenvalue weighted by atomic mass is 10.1. The van der Waals surface area contributed by atoms with Gasteiger partial charge in [-0.25, -0.2) is 18.4 Å². The number of sulfonamides is 1. The lowest BCUT2D eigenvalue weighted by Crippen LogP contribution is -2.16. The van der Waals surface area contributed by atoms with E-state index in [1.165, 1.54) is 12.1 Å². The Hall–Kier alpha value is -4.57. The summed E-state index contributed by atoms with van der Waals surface area (Å²) in [6.45, 7) is 0. The van der Waals surface area contributed by atoms with Crippen LogP contribution in [0.25, 0.3) is 21.8 Å². The minimum Gasteiger partial charge on any atom is -0.337 e. The van der Waals surface area contributed by atoms with E-state index in [1.54, 1.807) is 18.2 Å². The summed E-state index contributed by atoms with van der Waals surface area (Å²) in [4.78, 5) is 19.2. The maximum absolute atomic E-state index is 13.0. The van der Waals surface area contributed by atoms with E-state index in [2.05, 4.69) is 20.0 Å². The molecule has 5 rings (SSSR count). The first-order chi connectivity index (χ1) is 16.4. The second kappa shape index (κ2) is 8.41. The molecule has 0 atom stereocenters. The molecule has 5 aromatic rings. The smallest absolute Gasteiger partial charge is 0.269 e. The third kappa shape index (κ3) is 4.21. The number of anilines is 3.